The Labute approximate surface area is 207 Å². The van der Waals surface area contributed by atoms with E-state index >= 15 is 0 Å². The number of benzene rings is 2. The molecule has 0 spiro atoms. The predicted molar refractivity (Wildman–Crippen MR) is 141 cm³/mol. The number of fused-ring (bicyclic) bond motifs is 1. The number of nitrogens with one attached hydrogen (secondary N) is 1. The van der Waals surface area contributed by atoms with Gasteiger partial charge >= 0.3 is 0 Å². The molecule has 5 nitrogen and oxygen atoms in total. The molecule has 2 aromatic carbocycles. The van der Waals surface area contributed by atoms with Gasteiger partial charge in [-0.3, -0.25) is 9.78 Å². The van der Waals surface area contributed by atoms with Crippen LogP contribution in [0.5, 0.6) is 5.75 Å². The number of nitrogens with zero attached hydrogens (tertiary/aromatic N) is 2. The number of ketones is 1. The molecule has 180 valence electrons. The molecule has 0 unspecified atom stereocenters. The monoisotopic (exact) mass is 479 g/mol. The highest BCUT2D eigenvalue weighted by Gasteiger charge is 2.26. The van der Waals surface area contributed by atoms with Gasteiger partial charge in [0.05, 0.1) is 21.8 Å². The average Bonchev–Trinajstić information content (AvgIpc) is 2.83. The summed E-state index contributed by atoms with van der Waals surface area (Å²) in [6.07, 6.45) is 6.17. The summed E-state index contributed by atoms with van der Waals surface area (Å²) in [5.74, 6) is 0.108. The van der Waals surface area contributed by atoms with Crippen molar-refractivity contribution in [2.24, 2.45) is 0 Å². The van der Waals surface area contributed by atoms with Crippen LogP contribution in [0.2, 0.25) is 5.02 Å². The number of carbonyl (C=O) groups is 1. The van der Waals surface area contributed by atoms with Crippen molar-refractivity contribution in [1.29, 1.82) is 0 Å². The Bertz CT molecular complexity index is 1170. The Morgan fingerprint density at radius 2 is 1.82 bits per heavy atom. The van der Waals surface area contributed by atoms with Gasteiger partial charge in [0.15, 0.2) is 5.78 Å². The van der Waals surface area contributed by atoms with Gasteiger partial charge in [-0.2, -0.15) is 0 Å². The molecule has 0 bridgehead atoms. The molecule has 0 radical (unpaired) electrons. The van der Waals surface area contributed by atoms with E-state index in [4.69, 9.17) is 11.6 Å². The van der Waals surface area contributed by atoms with Crippen molar-refractivity contribution in [2.45, 2.75) is 65.5 Å². The van der Waals surface area contributed by atoms with Gasteiger partial charge in [-0.05, 0) is 93.6 Å². The Morgan fingerprint density at radius 1 is 1.12 bits per heavy atom. The van der Waals surface area contributed by atoms with Crippen molar-refractivity contribution >= 4 is 34.0 Å². The van der Waals surface area contributed by atoms with E-state index in [-0.39, 0.29) is 11.5 Å². The zero-order valence-electron chi connectivity index (χ0n) is 20.5. The zero-order chi connectivity index (χ0) is 24.4. The molecule has 1 aliphatic rings. The second kappa shape index (κ2) is 10.3. The van der Waals surface area contributed by atoms with Crippen LogP contribution in [0.4, 0.5) is 5.69 Å². The molecular formula is C28H34ClN3O2. The van der Waals surface area contributed by atoms with Crippen LogP contribution in [0.15, 0.2) is 36.5 Å². The molecule has 0 saturated heterocycles. The summed E-state index contributed by atoms with van der Waals surface area (Å²) in [7, 11) is 0. The number of anilines is 1. The lowest BCUT2D eigenvalue weighted by Gasteiger charge is -2.36. The Kier molecular flexibility index (Phi) is 7.44. The number of halogens is 1. The second-order valence-corrected chi connectivity index (χ2v) is 9.74. The normalized spacial score (nSPS) is 18.4. The molecule has 6 heteroatoms. The molecule has 0 atom stereocenters. The van der Waals surface area contributed by atoms with Crippen molar-refractivity contribution in [2.75, 3.05) is 18.4 Å². The molecule has 2 N–H and O–H groups in total. The maximum absolute atomic E-state index is 12.5. The minimum Gasteiger partial charge on any atom is -0.506 e. The number of aromatic hydroxyl groups is 1. The molecule has 1 heterocycles. The lowest BCUT2D eigenvalue weighted by molar-refractivity contribution is 0.101. The first-order valence-electron chi connectivity index (χ1n) is 12.3. The van der Waals surface area contributed by atoms with Gasteiger partial charge in [0.25, 0.3) is 0 Å². The average molecular weight is 480 g/mol. The summed E-state index contributed by atoms with van der Waals surface area (Å²) in [6, 6.07) is 10.7. The van der Waals surface area contributed by atoms with E-state index in [1.807, 2.05) is 25.1 Å². The third kappa shape index (κ3) is 4.91. The van der Waals surface area contributed by atoms with Crippen LogP contribution < -0.4 is 5.32 Å². The number of aromatic nitrogens is 1. The van der Waals surface area contributed by atoms with Gasteiger partial charge in [-0.25, -0.2) is 0 Å². The molecule has 0 amide bonds. The topological polar surface area (TPSA) is 65.5 Å². The molecule has 0 aliphatic heterocycles. The first-order chi connectivity index (χ1) is 16.3. The number of phenolic OH excluding ortho intramolecular Hbond substituents is 1. The zero-order valence-corrected chi connectivity index (χ0v) is 21.2. The van der Waals surface area contributed by atoms with Crippen LogP contribution in [0.3, 0.4) is 0 Å². The quantitative estimate of drug-likeness (QED) is 0.363. The third-order valence-electron chi connectivity index (χ3n) is 7.21. The molecular weight excluding hydrogens is 446 g/mol. The first kappa shape index (κ1) is 24.5. The number of pyridine rings is 1. The fourth-order valence-corrected chi connectivity index (χ4v) is 5.49. The highest BCUT2D eigenvalue weighted by Crippen LogP contribution is 2.36. The standard InChI is InChI=1S/C28H34ClN3O2/c1-5-32(6-2)22-10-8-21(9-11-22)31-27-23-14-19(20-13-17(3)28(34)25(29)15-20)7-12-26(23)30-16-24(27)18(4)33/h7,12-16,21-22,34H,5-6,8-11H2,1-4H3,(H,30,31). The Balaban J connectivity index is 1.70. The summed E-state index contributed by atoms with van der Waals surface area (Å²) in [5, 5.41) is 15.1. The summed E-state index contributed by atoms with van der Waals surface area (Å²) < 4.78 is 0. The second-order valence-electron chi connectivity index (χ2n) is 9.33. The maximum Gasteiger partial charge on any atom is 0.163 e. The van der Waals surface area contributed by atoms with E-state index < -0.39 is 0 Å². The van der Waals surface area contributed by atoms with Crippen LogP contribution in [0, 0.1) is 6.92 Å². The number of Topliss-reactive ketones (excluding diaryl/α,β-unsaturated/α-hetero) is 1. The molecule has 1 aromatic heterocycles. The van der Waals surface area contributed by atoms with Crippen LogP contribution in [-0.2, 0) is 0 Å². The highest BCUT2D eigenvalue weighted by atomic mass is 35.5. The fourth-order valence-electron chi connectivity index (χ4n) is 5.23. The van der Waals surface area contributed by atoms with Crippen LogP contribution in [0.25, 0.3) is 22.0 Å². The van der Waals surface area contributed by atoms with Gasteiger partial charge in [-0.1, -0.05) is 31.5 Å². The number of phenols is 1. The van der Waals surface area contributed by atoms with Gasteiger partial charge in [0.2, 0.25) is 0 Å². The third-order valence-corrected chi connectivity index (χ3v) is 7.50. The first-order valence-corrected chi connectivity index (χ1v) is 12.6. The van der Waals surface area contributed by atoms with Crippen molar-refractivity contribution in [3.63, 3.8) is 0 Å². The molecule has 4 rings (SSSR count). The van der Waals surface area contributed by atoms with E-state index in [1.54, 1.807) is 19.2 Å². The van der Waals surface area contributed by atoms with Crippen molar-refractivity contribution in [1.82, 2.24) is 9.88 Å². The lowest BCUT2D eigenvalue weighted by Crippen LogP contribution is -2.40. The van der Waals surface area contributed by atoms with Gasteiger partial charge in [0, 0.05) is 23.7 Å². The van der Waals surface area contributed by atoms with Crippen LogP contribution in [0.1, 0.15) is 62.4 Å². The van der Waals surface area contributed by atoms with Crippen LogP contribution in [-0.4, -0.2) is 45.9 Å². The van der Waals surface area contributed by atoms with E-state index in [9.17, 15) is 9.90 Å². The molecule has 3 aromatic rings. The lowest BCUT2D eigenvalue weighted by atomic mass is 9.89. The summed E-state index contributed by atoms with van der Waals surface area (Å²) >= 11 is 6.25. The SMILES string of the molecule is CCN(CC)C1CCC(Nc2c(C(C)=O)cnc3ccc(-c4cc(C)c(O)c(Cl)c4)cc23)CC1. The van der Waals surface area contributed by atoms with Gasteiger partial charge in [0.1, 0.15) is 5.75 Å². The Morgan fingerprint density at radius 3 is 2.44 bits per heavy atom. The smallest absolute Gasteiger partial charge is 0.163 e. The largest absolute Gasteiger partial charge is 0.506 e. The van der Waals surface area contributed by atoms with E-state index in [1.165, 1.54) is 0 Å². The summed E-state index contributed by atoms with van der Waals surface area (Å²) in [5.41, 5.74) is 4.94. The predicted octanol–water partition coefficient (Wildman–Crippen LogP) is 6.84. The number of hydrogen-bond donors (Lipinski definition) is 2. The number of rotatable bonds is 7. The van der Waals surface area contributed by atoms with Gasteiger partial charge in [-0.15, -0.1) is 0 Å². The molecule has 1 aliphatic carbocycles. The van der Waals surface area contributed by atoms with E-state index in [0.29, 0.717) is 22.7 Å². The molecule has 34 heavy (non-hydrogen) atoms. The Hall–Kier alpha value is -2.63. The molecule has 1 fully saturated rings. The fraction of sp³-hybridized carbons (Fsp3) is 0.429. The van der Waals surface area contributed by atoms with Gasteiger partial charge < -0.3 is 15.3 Å². The number of hydrogen-bond acceptors (Lipinski definition) is 5. The highest BCUT2D eigenvalue weighted by molar-refractivity contribution is 6.32. The summed E-state index contributed by atoms with van der Waals surface area (Å²) in [6.45, 7) is 10.1. The van der Waals surface area contributed by atoms with Crippen molar-refractivity contribution in [3.8, 4) is 16.9 Å². The number of carbonyl (C=O) groups excluding carboxylic acids is 1. The minimum absolute atomic E-state index is 0.00246. The van der Waals surface area contributed by atoms with E-state index in [2.05, 4.69) is 35.1 Å². The number of aryl methyl sites for hydroxylation is 1. The maximum atomic E-state index is 12.5. The van der Waals surface area contributed by atoms with E-state index in [0.717, 1.165) is 72.1 Å². The summed E-state index contributed by atoms with van der Waals surface area (Å²) in [4.78, 5) is 19.6. The van der Waals surface area contributed by atoms with Crippen molar-refractivity contribution < 1.29 is 9.90 Å². The minimum atomic E-state index is 0.00246. The van der Waals surface area contributed by atoms with Crippen molar-refractivity contribution in [3.05, 3.63) is 52.7 Å². The molecule has 1 saturated carbocycles. The van der Waals surface area contributed by atoms with Crippen LogP contribution >= 0.6 is 11.6 Å².